The number of nitrogens with two attached hydrogens (primary N) is 1. The summed E-state index contributed by atoms with van der Waals surface area (Å²) < 4.78 is 12.3. The first-order chi connectivity index (χ1) is 15.8. The Morgan fingerprint density at radius 3 is 1.19 bits per heavy atom. The van der Waals surface area contributed by atoms with Gasteiger partial charge in [0.15, 0.2) is 0 Å². The van der Waals surface area contributed by atoms with Gasteiger partial charge < -0.3 is 15.2 Å². The normalized spacial score (nSPS) is 12.0. The standard InChI is InChI=1S/C28H61NO2Si/c1-3-5-7-9-11-13-15-17-19-21-25-30-28(32-27-23-24-29)31-26-22-20-18-16-14-12-10-8-6-4-2/h28H,3-27,29,32H2,1-2H3. The number of unbranched alkanes of at least 4 members (excludes halogenated alkanes) is 18. The van der Waals surface area contributed by atoms with Gasteiger partial charge in [-0.2, -0.15) is 0 Å². The third-order valence-corrected chi connectivity index (χ3v) is 8.35. The van der Waals surface area contributed by atoms with Crippen molar-refractivity contribution < 1.29 is 9.47 Å². The maximum absolute atomic E-state index is 6.15. The van der Waals surface area contributed by atoms with E-state index in [2.05, 4.69) is 13.8 Å². The van der Waals surface area contributed by atoms with Crippen LogP contribution in [0.5, 0.6) is 0 Å². The fourth-order valence-electron chi connectivity index (χ4n) is 4.28. The Balaban J connectivity index is 3.59. The molecule has 0 atom stereocenters. The summed E-state index contributed by atoms with van der Waals surface area (Å²) in [5.74, 6) is 0.124. The van der Waals surface area contributed by atoms with Crippen molar-refractivity contribution in [2.75, 3.05) is 19.8 Å². The molecule has 0 spiro atoms. The molecular formula is C28H61NO2Si. The summed E-state index contributed by atoms with van der Waals surface area (Å²) in [7, 11) is -0.326. The summed E-state index contributed by atoms with van der Waals surface area (Å²) >= 11 is 0. The molecular weight excluding hydrogens is 410 g/mol. The Morgan fingerprint density at radius 2 is 0.844 bits per heavy atom. The van der Waals surface area contributed by atoms with E-state index < -0.39 is 0 Å². The van der Waals surface area contributed by atoms with Gasteiger partial charge in [-0.1, -0.05) is 135 Å². The van der Waals surface area contributed by atoms with Crippen molar-refractivity contribution in [3.05, 3.63) is 0 Å². The van der Waals surface area contributed by atoms with Crippen LogP contribution in [-0.2, 0) is 9.47 Å². The lowest BCUT2D eigenvalue weighted by Crippen LogP contribution is -2.26. The van der Waals surface area contributed by atoms with E-state index in [0.717, 1.165) is 26.2 Å². The third kappa shape index (κ3) is 26.4. The molecule has 0 amide bonds. The van der Waals surface area contributed by atoms with Gasteiger partial charge in [0.05, 0.1) is 9.52 Å². The molecule has 0 bridgehead atoms. The Labute approximate surface area is 205 Å². The molecule has 0 radical (unpaired) electrons. The second-order valence-corrected chi connectivity index (χ2v) is 11.8. The molecule has 0 aromatic heterocycles. The first kappa shape index (κ1) is 32.1. The van der Waals surface area contributed by atoms with Crippen LogP contribution >= 0.6 is 0 Å². The fraction of sp³-hybridized carbons (Fsp3) is 1.00. The molecule has 0 saturated carbocycles. The van der Waals surface area contributed by atoms with Crippen LogP contribution in [0, 0.1) is 0 Å². The minimum absolute atomic E-state index is 0.124. The zero-order valence-electron chi connectivity index (χ0n) is 22.4. The first-order valence-electron chi connectivity index (χ1n) is 14.8. The Hall–Kier alpha value is 0.0969. The number of ether oxygens (including phenoxy) is 2. The van der Waals surface area contributed by atoms with E-state index in [4.69, 9.17) is 15.2 Å². The van der Waals surface area contributed by atoms with E-state index in [0.29, 0.717) is 0 Å². The van der Waals surface area contributed by atoms with Gasteiger partial charge in [0.1, 0.15) is 5.91 Å². The maximum Gasteiger partial charge on any atom is 0.134 e. The highest BCUT2D eigenvalue weighted by Gasteiger charge is 2.09. The number of hydrogen-bond donors (Lipinski definition) is 1. The van der Waals surface area contributed by atoms with E-state index >= 15 is 0 Å². The van der Waals surface area contributed by atoms with E-state index in [1.165, 1.54) is 134 Å². The predicted octanol–water partition coefficient (Wildman–Crippen LogP) is 8.08. The lowest BCUT2D eigenvalue weighted by Gasteiger charge is -2.18. The van der Waals surface area contributed by atoms with Crippen LogP contribution in [0.1, 0.15) is 149 Å². The topological polar surface area (TPSA) is 44.5 Å². The van der Waals surface area contributed by atoms with Crippen LogP contribution in [-0.4, -0.2) is 35.2 Å². The van der Waals surface area contributed by atoms with Gasteiger partial charge in [0, 0.05) is 13.2 Å². The predicted molar refractivity (Wildman–Crippen MR) is 146 cm³/mol. The molecule has 0 aliphatic heterocycles. The Morgan fingerprint density at radius 1 is 0.500 bits per heavy atom. The largest absolute Gasteiger partial charge is 0.357 e. The molecule has 0 aliphatic carbocycles. The Kier molecular flexibility index (Phi) is 29.2. The summed E-state index contributed by atoms with van der Waals surface area (Å²) in [6.45, 7) is 7.15. The molecule has 0 unspecified atom stereocenters. The van der Waals surface area contributed by atoms with Crippen molar-refractivity contribution >= 4 is 9.52 Å². The van der Waals surface area contributed by atoms with Crippen LogP contribution in [0.15, 0.2) is 0 Å². The molecule has 0 aromatic carbocycles. The van der Waals surface area contributed by atoms with E-state index in [1.807, 2.05) is 0 Å². The molecule has 0 rings (SSSR count). The van der Waals surface area contributed by atoms with Crippen LogP contribution in [0.25, 0.3) is 0 Å². The number of rotatable bonds is 28. The molecule has 194 valence electrons. The smallest absolute Gasteiger partial charge is 0.134 e. The molecule has 32 heavy (non-hydrogen) atoms. The molecule has 0 saturated heterocycles. The summed E-state index contributed by atoms with van der Waals surface area (Å²) in [6, 6.07) is 1.25. The third-order valence-electron chi connectivity index (χ3n) is 6.50. The molecule has 4 heteroatoms. The molecule has 0 aliphatic rings. The summed E-state index contributed by atoms with van der Waals surface area (Å²) in [4.78, 5) is 0. The SMILES string of the molecule is CCCCCCCCCCCCOC(OCCCCCCCCCCCC)[SiH2]CCCN. The van der Waals surface area contributed by atoms with Gasteiger partial charge in [0.2, 0.25) is 0 Å². The van der Waals surface area contributed by atoms with Gasteiger partial charge >= 0.3 is 0 Å². The summed E-state index contributed by atoms with van der Waals surface area (Å²) in [6.07, 6.45) is 28.6. The second-order valence-electron chi connectivity index (χ2n) is 9.82. The van der Waals surface area contributed by atoms with Gasteiger partial charge in [-0.3, -0.25) is 0 Å². The van der Waals surface area contributed by atoms with Crippen molar-refractivity contribution in [2.24, 2.45) is 5.73 Å². The van der Waals surface area contributed by atoms with Crippen LogP contribution in [0.4, 0.5) is 0 Å². The second kappa shape index (κ2) is 29.1. The Bertz CT molecular complexity index is 305. The van der Waals surface area contributed by atoms with Gasteiger partial charge in [-0.05, 0) is 25.8 Å². The summed E-state index contributed by atoms with van der Waals surface area (Å²) in [5.41, 5.74) is 5.68. The molecule has 3 nitrogen and oxygen atoms in total. The van der Waals surface area contributed by atoms with Crippen molar-refractivity contribution in [1.82, 2.24) is 0 Å². The number of hydrogen-bond acceptors (Lipinski definition) is 3. The highest BCUT2D eigenvalue weighted by Crippen LogP contribution is 2.12. The van der Waals surface area contributed by atoms with Gasteiger partial charge in [0.25, 0.3) is 0 Å². The van der Waals surface area contributed by atoms with Crippen LogP contribution in [0.3, 0.4) is 0 Å². The fourth-order valence-corrected chi connectivity index (χ4v) is 5.86. The molecule has 0 heterocycles. The van der Waals surface area contributed by atoms with Crippen LogP contribution in [0.2, 0.25) is 6.04 Å². The van der Waals surface area contributed by atoms with Crippen molar-refractivity contribution in [3.8, 4) is 0 Å². The van der Waals surface area contributed by atoms with E-state index in [9.17, 15) is 0 Å². The first-order valence-corrected chi connectivity index (χ1v) is 16.6. The average molecular weight is 472 g/mol. The monoisotopic (exact) mass is 471 g/mol. The minimum Gasteiger partial charge on any atom is -0.357 e. The van der Waals surface area contributed by atoms with Crippen LogP contribution < -0.4 is 5.73 Å². The quantitative estimate of drug-likeness (QED) is 0.0712. The van der Waals surface area contributed by atoms with Gasteiger partial charge in [-0.25, -0.2) is 0 Å². The minimum atomic E-state index is -0.326. The zero-order chi connectivity index (χ0) is 23.4. The summed E-state index contributed by atoms with van der Waals surface area (Å²) in [5, 5.41) is 0. The van der Waals surface area contributed by atoms with Gasteiger partial charge in [-0.15, -0.1) is 0 Å². The highest BCUT2D eigenvalue weighted by molar-refractivity contribution is 6.36. The van der Waals surface area contributed by atoms with Crippen molar-refractivity contribution in [1.29, 1.82) is 0 Å². The average Bonchev–Trinajstić information content (AvgIpc) is 2.80. The molecule has 0 fully saturated rings. The lowest BCUT2D eigenvalue weighted by atomic mass is 10.1. The molecule has 0 aromatic rings. The van der Waals surface area contributed by atoms with Crippen molar-refractivity contribution in [3.63, 3.8) is 0 Å². The van der Waals surface area contributed by atoms with E-state index in [1.54, 1.807) is 0 Å². The lowest BCUT2D eigenvalue weighted by molar-refractivity contribution is -0.0925. The van der Waals surface area contributed by atoms with Crippen molar-refractivity contribution in [2.45, 2.75) is 161 Å². The molecule has 2 N–H and O–H groups in total. The van der Waals surface area contributed by atoms with E-state index in [-0.39, 0.29) is 15.4 Å². The zero-order valence-corrected chi connectivity index (χ0v) is 23.8. The maximum atomic E-state index is 6.15. The highest BCUT2D eigenvalue weighted by atomic mass is 28.2.